The molecule has 3 aromatic heterocycles. The summed E-state index contributed by atoms with van der Waals surface area (Å²) in [5, 5.41) is 63.9. The van der Waals surface area contributed by atoms with E-state index >= 15 is 0 Å². The highest BCUT2D eigenvalue weighted by Gasteiger charge is 2.21. The summed E-state index contributed by atoms with van der Waals surface area (Å²) < 4.78 is 4.62. The second kappa shape index (κ2) is 14.7. The molecule has 6 aromatic rings. The molecule has 6 rings (SSSR count). The van der Waals surface area contributed by atoms with Crippen molar-refractivity contribution in [3.05, 3.63) is 132 Å². The van der Waals surface area contributed by atoms with Gasteiger partial charge in [0.1, 0.15) is 28.6 Å². The summed E-state index contributed by atoms with van der Waals surface area (Å²) in [6, 6.07) is 18.7. The van der Waals surface area contributed by atoms with Crippen molar-refractivity contribution in [2.24, 2.45) is 0 Å². The molecule has 0 unspecified atom stereocenters. The summed E-state index contributed by atoms with van der Waals surface area (Å²) in [5.74, 6) is -0.190. The fraction of sp³-hybridized carbons (Fsp3) is 0.182. The Kier molecular flexibility index (Phi) is 10.7. The van der Waals surface area contributed by atoms with E-state index in [1.54, 1.807) is 41.4 Å². The summed E-state index contributed by atoms with van der Waals surface area (Å²) in [7, 11) is 0. The van der Waals surface area contributed by atoms with Crippen molar-refractivity contribution in [3.63, 3.8) is 0 Å². The molecule has 0 radical (unpaired) electrons. The molecule has 0 saturated carbocycles. The van der Waals surface area contributed by atoms with Crippen molar-refractivity contribution in [2.75, 3.05) is 0 Å². The van der Waals surface area contributed by atoms with Gasteiger partial charge in [0.05, 0.1) is 33.0 Å². The molecule has 0 saturated heterocycles. The first-order chi connectivity index (χ1) is 23.1. The van der Waals surface area contributed by atoms with Gasteiger partial charge < -0.3 is 15.3 Å². The Morgan fingerprint density at radius 3 is 1.47 bits per heavy atom. The van der Waals surface area contributed by atoms with E-state index in [2.05, 4.69) is 15.3 Å². The molecular weight excluding hydrogens is 656 g/mol. The van der Waals surface area contributed by atoms with Crippen molar-refractivity contribution < 1.29 is 25.2 Å². The van der Waals surface area contributed by atoms with E-state index in [-0.39, 0.29) is 34.3 Å². The van der Waals surface area contributed by atoms with Crippen LogP contribution < -0.4 is 0 Å². The monoisotopic (exact) mass is 688 g/mol. The number of hydrogen-bond acceptors (Lipinski definition) is 10. The molecule has 15 nitrogen and oxygen atoms in total. The van der Waals surface area contributed by atoms with Gasteiger partial charge in [0.25, 0.3) is 11.4 Å². The van der Waals surface area contributed by atoms with Crippen LogP contribution in [0.5, 0.6) is 17.2 Å². The fourth-order valence-corrected chi connectivity index (χ4v) is 5.13. The van der Waals surface area contributed by atoms with E-state index in [1.165, 1.54) is 41.1 Å². The van der Waals surface area contributed by atoms with Crippen LogP contribution in [0.3, 0.4) is 0 Å². The van der Waals surface area contributed by atoms with E-state index in [0.29, 0.717) is 16.4 Å². The highest BCUT2D eigenvalue weighted by atomic mass is 35.5. The molecule has 3 heterocycles. The third-order valence-electron chi connectivity index (χ3n) is 6.99. The number of aryl methyl sites for hydroxylation is 6. The number of para-hydroxylation sites is 1. The minimum absolute atomic E-state index is 0.100. The van der Waals surface area contributed by atoms with Crippen molar-refractivity contribution >= 4 is 23.0 Å². The molecule has 3 N–H and O–H groups in total. The zero-order chi connectivity index (χ0) is 36.2. The average molecular weight is 689 g/mol. The molecular formula is C33H33ClN8O7. The van der Waals surface area contributed by atoms with Gasteiger partial charge in [-0.15, -0.1) is 0 Å². The molecule has 0 aliphatic heterocycles. The van der Waals surface area contributed by atoms with E-state index < -0.39 is 9.85 Å². The first kappa shape index (κ1) is 35.6. The Balaban J connectivity index is 0.000000166. The smallest absolute Gasteiger partial charge is 0.298 e. The Morgan fingerprint density at radius 1 is 0.592 bits per heavy atom. The van der Waals surface area contributed by atoms with Crippen LogP contribution in [0.1, 0.15) is 34.2 Å². The SMILES string of the molecule is Cc1cc(C)n(-c2c(O)cccc2[N+](=O)[O-])n1.Cc1cc(C)n(-c2ccc(Cl)cc2O)n1.Cc1cc(C)n(-c2ccc([N+](=O)[O-])cc2O)n1. The number of halogens is 1. The molecule has 0 fully saturated rings. The van der Waals surface area contributed by atoms with Crippen LogP contribution in [-0.4, -0.2) is 54.5 Å². The van der Waals surface area contributed by atoms with Crippen LogP contribution in [-0.2, 0) is 0 Å². The Morgan fingerprint density at radius 2 is 1.06 bits per heavy atom. The number of benzene rings is 3. The maximum Gasteiger partial charge on any atom is 0.298 e. The van der Waals surface area contributed by atoms with Crippen LogP contribution in [0.25, 0.3) is 17.1 Å². The molecule has 0 aliphatic rings. The van der Waals surface area contributed by atoms with E-state index in [0.717, 1.165) is 40.2 Å². The van der Waals surface area contributed by atoms with Gasteiger partial charge in [-0.25, -0.2) is 14.0 Å². The fourth-order valence-electron chi connectivity index (χ4n) is 4.96. The standard InChI is InChI=1S/C11H11ClN2O.2C11H11N3O3/c1-7-5-8(2)14(13-7)10-4-3-9(12)6-11(10)15;1-7-5-8(2)13(12-7)10-4-3-9(14(16)17)6-11(10)15;1-7-6-8(2)13(12-7)11-9(14(16)17)4-3-5-10(11)15/h3-6,15H,1-2H3;2*3-6,15H,1-2H3. The number of nitrogens with zero attached hydrogens (tertiary/aromatic N) is 8. The summed E-state index contributed by atoms with van der Waals surface area (Å²) in [4.78, 5) is 20.4. The number of hydrogen-bond donors (Lipinski definition) is 3. The normalized spacial score (nSPS) is 10.5. The van der Waals surface area contributed by atoms with Crippen LogP contribution in [0, 0.1) is 61.8 Å². The summed E-state index contributed by atoms with van der Waals surface area (Å²) in [5.41, 5.74) is 5.89. The molecule has 0 atom stereocenters. The zero-order valence-corrected chi connectivity index (χ0v) is 28.1. The van der Waals surface area contributed by atoms with Gasteiger partial charge in [0, 0.05) is 40.3 Å². The van der Waals surface area contributed by atoms with Crippen molar-refractivity contribution in [3.8, 4) is 34.3 Å². The maximum absolute atomic E-state index is 10.9. The van der Waals surface area contributed by atoms with Crippen LogP contribution in [0.2, 0.25) is 5.02 Å². The summed E-state index contributed by atoms with van der Waals surface area (Å²) in [6.45, 7) is 11.1. The number of rotatable bonds is 5. The van der Waals surface area contributed by atoms with Crippen LogP contribution >= 0.6 is 11.6 Å². The molecule has 0 spiro atoms. The highest BCUT2D eigenvalue weighted by molar-refractivity contribution is 6.30. The number of nitro groups is 2. The average Bonchev–Trinajstić information content (AvgIpc) is 3.66. The van der Waals surface area contributed by atoms with Gasteiger partial charge in [-0.1, -0.05) is 17.7 Å². The lowest BCUT2D eigenvalue weighted by molar-refractivity contribution is -0.385. The molecule has 0 bridgehead atoms. The first-order valence-corrected chi connectivity index (χ1v) is 15.0. The van der Waals surface area contributed by atoms with Gasteiger partial charge in [-0.3, -0.25) is 20.2 Å². The maximum atomic E-state index is 10.9. The lowest BCUT2D eigenvalue weighted by Crippen LogP contribution is -2.03. The first-order valence-electron chi connectivity index (χ1n) is 14.6. The Labute approximate surface area is 285 Å². The van der Waals surface area contributed by atoms with Crippen molar-refractivity contribution in [1.29, 1.82) is 0 Å². The van der Waals surface area contributed by atoms with Gasteiger partial charge in [0.2, 0.25) is 0 Å². The lowest BCUT2D eigenvalue weighted by Gasteiger charge is -2.07. The van der Waals surface area contributed by atoms with E-state index in [9.17, 15) is 35.5 Å². The second-order valence-corrected chi connectivity index (χ2v) is 11.4. The lowest BCUT2D eigenvalue weighted by atomic mass is 10.2. The zero-order valence-electron chi connectivity index (χ0n) is 27.4. The molecule has 16 heteroatoms. The van der Waals surface area contributed by atoms with Crippen LogP contribution in [0.4, 0.5) is 11.4 Å². The van der Waals surface area contributed by atoms with Gasteiger partial charge in [-0.2, -0.15) is 15.3 Å². The van der Waals surface area contributed by atoms with E-state index in [4.69, 9.17) is 11.6 Å². The third-order valence-corrected chi connectivity index (χ3v) is 7.23. The van der Waals surface area contributed by atoms with Gasteiger partial charge in [0.15, 0.2) is 5.69 Å². The quantitative estimate of drug-likeness (QED) is 0.124. The topological polar surface area (TPSA) is 200 Å². The van der Waals surface area contributed by atoms with Gasteiger partial charge in [-0.05, 0) is 84.0 Å². The van der Waals surface area contributed by atoms with Crippen LogP contribution in [0.15, 0.2) is 72.8 Å². The minimum Gasteiger partial charge on any atom is -0.506 e. The predicted octanol–water partition coefficient (Wildman–Crippen LogP) is 7.05. The third kappa shape index (κ3) is 8.20. The number of non-ortho nitro benzene ring substituents is 1. The largest absolute Gasteiger partial charge is 0.506 e. The number of nitro benzene ring substituents is 2. The highest BCUT2D eigenvalue weighted by Crippen LogP contribution is 2.32. The minimum atomic E-state index is -0.551. The number of aromatic nitrogens is 6. The molecule has 49 heavy (non-hydrogen) atoms. The summed E-state index contributed by atoms with van der Waals surface area (Å²) >= 11 is 5.76. The van der Waals surface area contributed by atoms with Crippen molar-refractivity contribution in [2.45, 2.75) is 41.5 Å². The molecule has 3 aromatic carbocycles. The van der Waals surface area contributed by atoms with Crippen molar-refractivity contribution in [1.82, 2.24) is 29.3 Å². The predicted molar refractivity (Wildman–Crippen MR) is 182 cm³/mol. The van der Waals surface area contributed by atoms with E-state index in [1.807, 2.05) is 39.8 Å². The number of phenolic OH excluding ortho intramolecular Hbond substituents is 3. The molecule has 254 valence electrons. The summed E-state index contributed by atoms with van der Waals surface area (Å²) in [6.07, 6.45) is 0. The molecule has 0 amide bonds. The Hall–Kier alpha value is -6.22. The van der Waals surface area contributed by atoms with Gasteiger partial charge >= 0.3 is 0 Å². The second-order valence-electron chi connectivity index (χ2n) is 11.0. The Bertz CT molecular complexity index is 2170. The number of aromatic hydroxyl groups is 3. The number of phenols is 3. The molecule has 0 aliphatic carbocycles.